The fourth-order valence-corrected chi connectivity index (χ4v) is 3.22. The van der Waals surface area contributed by atoms with Crippen LogP contribution in [0, 0.1) is 0 Å². The minimum Gasteiger partial charge on any atom is -0.493 e. The highest BCUT2D eigenvalue weighted by Gasteiger charge is 2.17. The molecule has 0 bridgehead atoms. The van der Waals surface area contributed by atoms with E-state index in [1.54, 1.807) is 12.1 Å². The number of hydrogen-bond acceptors (Lipinski definition) is 4. The van der Waals surface area contributed by atoms with E-state index in [0.717, 1.165) is 5.56 Å². The molecular formula is C17H21NO4S. The maximum atomic E-state index is 12.5. The van der Waals surface area contributed by atoms with Gasteiger partial charge in [-0.15, -0.1) is 0 Å². The lowest BCUT2D eigenvalue weighted by Gasteiger charge is -2.13. The maximum Gasteiger partial charge on any atom is 0.262 e. The van der Waals surface area contributed by atoms with Crippen LogP contribution in [0.2, 0.25) is 0 Å². The molecule has 0 heterocycles. The number of rotatable bonds is 6. The summed E-state index contributed by atoms with van der Waals surface area (Å²) in [6.07, 6.45) is 0. The normalized spacial score (nSPS) is 11.3. The monoisotopic (exact) mass is 335 g/mol. The summed E-state index contributed by atoms with van der Waals surface area (Å²) in [6, 6.07) is 11.9. The molecule has 0 aliphatic heterocycles. The first-order valence-electron chi connectivity index (χ1n) is 7.22. The number of hydrogen-bond donors (Lipinski definition) is 1. The number of nitrogens with one attached hydrogen (secondary N) is 1. The van der Waals surface area contributed by atoms with Crippen LogP contribution >= 0.6 is 0 Å². The molecule has 23 heavy (non-hydrogen) atoms. The Kier molecular flexibility index (Phi) is 5.15. The maximum absolute atomic E-state index is 12.5. The molecule has 0 unspecified atom stereocenters. The number of benzene rings is 2. The molecule has 2 aromatic rings. The third kappa shape index (κ3) is 3.96. The minimum absolute atomic E-state index is 0.116. The van der Waals surface area contributed by atoms with Gasteiger partial charge in [-0.25, -0.2) is 8.42 Å². The highest BCUT2D eigenvalue weighted by atomic mass is 32.2. The van der Waals surface area contributed by atoms with Gasteiger partial charge in [0.05, 0.1) is 19.1 Å². The topological polar surface area (TPSA) is 64.6 Å². The number of ether oxygens (including phenoxy) is 2. The Morgan fingerprint density at radius 3 is 2.26 bits per heavy atom. The predicted molar refractivity (Wildman–Crippen MR) is 90.9 cm³/mol. The van der Waals surface area contributed by atoms with Gasteiger partial charge in [0.1, 0.15) is 0 Å². The molecule has 0 aliphatic carbocycles. The zero-order valence-electron chi connectivity index (χ0n) is 13.7. The number of anilines is 1. The fraction of sp³-hybridized carbons (Fsp3) is 0.294. The molecule has 0 saturated heterocycles. The second-order valence-electron chi connectivity index (χ2n) is 5.40. The van der Waals surface area contributed by atoms with Crippen molar-refractivity contribution >= 4 is 15.7 Å². The Bertz CT molecular complexity index is 785. The summed E-state index contributed by atoms with van der Waals surface area (Å²) in [6.45, 7) is 4.11. The van der Waals surface area contributed by atoms with Gasteiger partial charge in [-0.05, 0) is 35.7 Å². The predicted octanol–water partition coefficient (Wildman–Crippen LogP) is 3.63. The molecule has 0 spiro atoms. The van der Waals surface area contributed by atoms with Gasteiger partial charge in [-0.1, -0.05) is 26.0 Å². The van der Waals surface area contributed by atoms with Gasteiger partial charge >= 0.3 is 0 Å². The molecule has 5 nitrogen and oxygen atoms in total. The summed E-state index contributed by atoms with van der Waals surface area (Å²) < 4.78 is 38.0. The van der Waals surface area contributed by atoms with Crippen molar-refractivity contribution in [1.29, 1.82) is 0 Å². The second-order valence-corrected chi connectivity index (χ2v) is 7.08. The van der Waals surface area contributed by atoms with E-state index in [-0.39, 0.29) is 4.90 Å². The highest BCUT2D eigenvalue weighted by Crippen LogP contribution is 2.30. The van der Waals surface area contributed by atoms with E-state index in [4.69, 9.17) is 9.47 Å². The van der Waals surface area contributed by atoms with Crippen LogP contribution in [0.4, 0.5) is 5.69 Å². The summed E-state index contributed by atoms with van der Waals surface area (Å²) in [5.74, 6) is 1.17. The zero-order valence-corrected chi connectivity index (χ0v) is 14.5. The van der Waals surface area contributed by atoms with Crippen LogP contribution in [0.25, 0.3) is 0 Å². The van der Waals surface area contributed by atoms with Crippen molar-refractivity contribution in [2.45, 2.75) is 24.7 Å². The van der Waals surface area contributed by atoms with Gasteiger partial charge in [0.2, 0.25) is 0 Å². The van der Waals surface area contributed by atoms with Crippen LogP contribution in [0.15, 0.2) is 47.4 Å². The summed E-state index contributed by atoms with van der Waals surface area (Å²) in [5, 5.41) is 0. The molecule has 0 aliphatic rings. The first kappa shape index (κ1) is 17.1. The fourth-order valence-electron chi connectivity index (χ4n) is 2.16. The van der Waals surface area contributed by atoms with E-state index in [9.17, 15) is 8.42 Å². The van der Waals surface area contributed by atoms with E-state index in [2.05, 4.69) is 18.6 Å². The molecular weight excluding hydrogens is 314 g/mol. The third-order valence-electron chi connectivity index (χ3n) is 3.47. The van der Waals surface area contributed by atoms with Crippen LogP contribution in [0.1, 0.15) is 25.3 Å². The van der Waals surface area contributed by atoms with Crippen molar-refractivity contribution in [1.82, 2.24) is 0 Å². The van der Waals surface area contributed by atoms with Gasteiger partial charge in [0.15, 0.2) is 11.5 Å². The molecule has 0 saturated carbocycles. The Labute approximate surface area is 137 Å². The van der Waals surface area contributed by atoms with Crippen LogP contribution < -0.4 is 14.2 Å². The molecule has 0 atom stereocenters. The number of methoxy groups -OCH3 is 2. The van der Waals surface area contributed by atoms with Gasteiger partial charge in [0.25, 0.3) is 10.0 Å². The van der Waals surface area contributed by atoms with Crippen molar-refractivity contribution in [3.63, 3.8) is 0 Å². The van der Waals surface area contributed by atoms with E-state index in [1.807, 2.05) is 18.2 Å². The molecule has 0 aromatic heterocycles. The lowest BCUT2D eigenvalue weighted by molar-refractivity contribution is 0.354. The van der Waals surface area contributed by atoms with Crippen LogP contribution in [-0.2, 0) is 10.0 Å². The van der Waals surface area contributed by atoms with E-state index >= 15 is 0 Å². The average molecular weight is 335 g/mol. The average Bonchev–Trinajstić information content (AvgIpc) is 2.53. The smallest absolute Gasteiger partial charge is 0.262 e. The molecule has 2 rings (SSSR count). The lowest BCUT2D eigenvalue weighted by Crippen LogP contribution is -2.13. The summed E-state index contributed by atoms with van der Waals surface area (Å²) in [7, 11) is -0.731. The molecule has 2 aromatic carbocycles. The van der Waals surface area contributed by atoms with Crippen molar-refractivity contribution in [2.24, 2.45) is 0 Å². The van der Waals surface area contributed by atoms with E-state index in [0.29, 0.717) is 23.1 Å². The van der Waals surface area contributed by atoms with Gasteiger partial charge in [-0.2, -0.15) is 0 Å². The van der Waals surface area contributed by atoms with Crippen molar-refractivity contribution < 1.29 is 17.9 Å². The molecule has 0 radical (unpaired) electrons. The lowest BCUT2D eigenvalue weighted by atomic mass is 10.0. The standard InChI is InChI=1S/C17H21NO4S/c1-12(2)13-6-5-7-14(10-13)18-23(19,20)15-8-9-16(21-3)17(11-15)22-4/h5-12,18H,1-4H3. The van der Waals surface area contributed by atoms with Gasteiger partial charge in [-0.3, -0.25) is 4.72 Å². The largest absolute Gasteiger partial charge is 0.493 e. The van der Waals surface area contributed by atoms with Crippen LogP contribution in [0.3, 0.4) is 0 Å². The third-order valence-corrected chi connectivity index (χ3v) is 4.85. The quantitative estimate of drug-likeness (QED) is 0.875. The first-order valence-corrected chi connectivity index (χ1v) is 8.70. The molecule has 6 heteroatoms. The zero-order chi connectivity index (χ0) is 17.0. The van der Waals surface area contributed by atoms with Crippen molar-refractivity contribution in [3.8, 4) is 11.5 Å². The molecule has 124 valence electrons. The van der Waals surface area contributed by atoms with E-state index in [1.165, 1.54) is 26.4 Å². The summed E-state index contributed by atoms with van der Waals surface area (Å²) in [5.41, 5.74) is 1.60. The Balaban J connectivity index is 2.34. The van der Waals surface area contributed by atoms with Gasteiger partial charge in [0, 0.05) is 11.8 Å². The minimum atomic E-state index is -3.70. The summed E-state index contributed by atoms with van der Waals surface area (Å²) >= 11 is 0. The molecule has 0 amide bonds. The Morgan fingerprint density at radius 2 is 1.65 bits per heavy atom. The van der Waals surface area contributed by atoms with Crippen molar-refractivity contribution in [3.05, 3.63) is 48.0 Å². The van der Waals surface area contributed by atoms with Crippen LogP contribution in [0.5, 0.6) is 11.5 Å². The Hall–Kier alpha value is -2.21. The first-order chi connectivity index (χ1) is 10.9. The SMILES string of the molecule is COc1ccc(S(=O)(=O)Nc2cccc(C(C)C)c2)cc1OC. The Morgan fingerprint density at radius 1 is 0.957 bits per heavy atom. The highest BCUT2D eigenvalue weighted by molar-refractivity contribution is 7.92. The number of sulfonamides is 1. The molecule has 1 N–H and O–H groups in total. The van der Waals surface area contributed by atoms with Crippen LogP contribution in [-0.4, -0.2) is 22.6 Å². The molecule has 0 fully saturated rings. The second kappa shape index (κ2) is 6.91. The summed E-state index contributed by atoms with van der Waals surface area (Å²) in [4.78, 5) is 0.116. The van der Waals surface area contributed by atoms with Crippen molar-refractivity contribution in [2.75, 3.05) is 18.9 Å². The van der Waals surface area contributed by atoms with E-state index < -0.39 is 10.0 Å². The van der Waals surface area contributed by atoms with Gasteiger partial charge < -0.3 is 9.47 Å².